The Morgan fingerprint density at radius 2 is 2.04 bits per heavy atom. The molecule has 0 spiro atoms. The molecule has 0 unspecified atom stereocenters. The average Bonchev–Trinajstić information content (AvgIpc) is 3.13. The quantitative estimate of drug-likeness (QED) is 0.453. The highest BCUT2D eigenvalue weighted by Crippen LogP contribution is 2.46. The van der Waals surface area contributed by atoms with Crippen molar-refractivity contribution in [2.24, 2.45) is 0 Å². The van der Waals surface area contributed by atoms with Gasteiger partial charge in [0.15, 0.2) is 6.61 Å². The van der Waals surface area contributed by atoms with Gasteiger partial charge in [0.2, 0.25) is 5.78 Å². The van der Waals surface area contributed by atoms with Gasteiger partial charge in [0.25, 0.3) is 0 Å². The Labute approximate surface area is 159 Å². The van der Waals surface area contributed by atoms with Gasteiger partial charge < -0.3 is 9.64 Å². The van der Waals surface area contributed by atoms with Crippen LogP contribution in [0.25, 0.3) is 0 Å². The first-order valence-electron chi connectivity index (χ1n) is 7.71. The summed E-state index contributed by atoms with van der Waals surface area (Å²) in [5, 5.41) is 10.8. The number of rotatable bonds is 4. The highest BCUT2D eigenvalue weighted by molar-refractivity contribution is 8.03. The molecule has 0 amide bonds. The van der Waals surface area contributed by atoms with Crippen LogP contribution < -0.4 is 4.90 Å². The van der Waals surface area contributed by atoms with Crippen LogP contribution in [-0.4, -0.2) is 30.4 Å². The number of hydrogen-bond donors (Lipinski definition) is 0. The second kappa shape index (κ2) is 7.32. The minimum absolute atomic E-state index is 0.0151. The highest BCUT2D eigenvalue weighted by atomic mass is 32.2. The molecule has 2 aromatic rings. The van der Waals surface area contributed by atoms with E-state index in [9.17, 15) is 14.9 Å². The Balaban J connectivity index is 1.76. The first kappa shape index (κ1) is 18.2. The lowest BCUT2D eigenvalue weighted by atomic mass is 10.2. The number of carbonyl (C=O) groups excluding carboxylic acids is 2. The number of nitrogens with zero attached hydrogens (tertiary/aromatic N) is 3. The fourth-order valence-electron chi connectivity index (χ4n) is 2.54. The molecule has 0 bridgehead atoms. The highest BCUT2D eigenvalue weighted by Gasteiger charge is 2.28. The number of para-hydroxylation sites is 1. The van der Waals surface area contributed by atoms with Crippen molar-refractivity contribution in [3.63, 3.8) is 0 Å². The van der Waals surface area contributed by atoms with Crippen molar-refractivity contribution >= 4 is 40.5 Å². The van der Waals surface area contributed by atoms with E-state index in [0.29, 0.717) is 15.6 Å². The number of benzene rings is 1. The molecule has 1 aromatic heterocycles. The van der Waals surface area contributed by atoms with Crippen molar-refractivity contribution in [2.75, 3.05) is 18.6 Å². The summed E-state index contributed by atoms with van der Waals surface area (Å²) < 4.78 is 5.11. The number of ketones is 1. The maximum absolute atomic E-state index is 12.5. The number of aromatic nitrogens is 1. The van der Waals surface area contributed by atoms with Crippen molar-refractivity contribution in [3.8, 4) is 6.07 Å². The molecule has 0 N–H and O–H groups in total. The van der Waals surface area contributed by atoms with E-state index in [1.54, 1.807) is 25.8 Å². The predicted octanol–water partition coefficient (Wildman–Crippen LogP) is 3.46. The third kappa shape index (κ3) is 3.36. The number of esters is 1. The number of fused-ring (bicyclic) bond motifs is 1. The fourth-order valence-corrected chi connectivity index (χ4v) is 4.52. The molecule has 0 saturated heterocycles. The predicted molar refractivity (Wildman–Crippen MR) is 100 cm³/mol. The molecule has 3 rings (SSSR count). The Kier molecular flexibility index (Phi) is 5.11. The van der Waals surface area contributed by atoms with E-state index in [-0.39, 0.29) is 5.57 Å². The van der Waals surface area contributed by atoms with Gasteiger partial charge >= 0.3 is 5.97 Å². The molecule has 132 valence electrons. The van der Waals surface area contributed by atoms with E-state index in [4.69, 9.17) is 4.74 Å². The molecule has 1 aliphatic heterocycles. The number of thioether (sulfide) groups is 1. The first-order chi connectivity index (χ1) is 12.4. The van der Waals surface area contributed by atoms with Crippen LogP contribution in [-0.2, 0) is 9.53 Å². The third-order valence-corrected chi connectivity index (χ3v) is 6.06. The summed E-state index contributed by atoms with van der Waals surface area (Å²) in [4.78, 5) is 31.9. The second-order valence-corrected chi connectivity index (χ2v) is 7.80. The number of aryl methyl sites for hydroxylation is 2. The summed E-state index contributed by atoms with van der Waals surface area (Å²) in [6.07, 6.45) is 0. The summed E-state index contributed by atoms with van der Waals surface area (Å²) >= 11 is 2.57. The molecule has 1 aromatic carbocycles. The van der Waals surface area contributed by atoms with E-state index < -0.39 is 18.4 Å². The largest absolute Gasteiger partial charge is 0.453 e. The third-order valence-electron chi connectivity index (χ3n) is 3.77. The van der Waals surface area contributed by atoms with Crippen LogP contribution >= 0.6 is 23.1 Å². The fraction of sp³-hybridized carbons (Fsp3) is 0.222. The molecule has 0 atom stereocenters. The Hall–Kier alpha value is -2.63. The van der Waals surface area contributed by atoms with Crippen molar-refractivity contribution < 1.29 is 14.3 Å². The number of ether oxygens (including phenoxy) is 1. The monoisotopic (exact) mass is 385 g/mol. The van der Waals surface area contributed by atoms with Gasteiger partial charge in [0, 0.05) is 11.9 Å². The molecule has 1 aliphatic rings. The topological polar surface area (TPSA) is 83.3 Å². The van der Waals surface area contributed by atoms with Crippen molar-refractivity contribution in [2.45, 2.75) is 18.7 Å². The van der Waals surface area contributed by atoms with Crippen LogP contribution in [0.4, 0.5) is 5.69 Å². The molecule has 0 aliphatic carbocycles. The number of hydrogen-bond acceptors (Lipinski definition) is 8. The van der Waals surface area contributed by atoms with Gasteiger partial charge in [-0.15, -0.1) is 11.3 Å². The molecule has 0 saturated carbocycles. The van der Waals surface area contributed by atoms with Gasteiger partial charge in [-0.3, -0.25) is 4.79 Å². The van der Waals surface area contributed by atoms with Gasteiger partial charge in [-0.2, -0.15) is 5.26 Å². The molecule has 8 heteroatoms. The van der Waals surface area contributed by atoms with Crippen LogP contribution in [0.2, 0.25) is 0 Å². The van der Waals surface area contributed by atoms with E-state index in [2.05, 4.69) is 4.98 Å². The molecule has 26 heavy (non-hydrogen) atoms. The Bertz CT molecular complexity index is 972. The molecular formula is C18H15N3O3S2. The molecular weight excluding hydrogens is 370 g/mol. The maximum Gasteiger partial charge on any atom is 0.350 e. The lowest BCUT2D eigenvalue weighted by Gasteiger charge is -2.14. The first-order valence-corrected chi connectivity index (χ1v) is 9.35. The standard InChI is InChI=1S/C18H15N3O3S2/c1-10-16(25-11(2)20-10)18(23)24-9-14(22)12(8-19)17-21(3)13-6-4-5-7-15(13)26-17/h4-7H,9H2,1-3H3/b17-12-. The van der Waals surface area contributed by atoms with Gasteiger partial charge in [-0.25, -0.2) is 9.78 Å². The summed E-state index contributed by atoms with van der Waals surface area (Å²) in [7, 11) is 1.80. The lowest BCUT2D eigenvalue weighted by Crippen LogP contribution is -2.20. The minimum Gasteiger partial charge on any atom is -0.453 e. The number of thiazole rings is 1. The normalized spacial score (nSPS) is 14.6. The van der Waals surface area contributed by atoms with E-state index >= 15 is 0 Å². The number of Topliss-reactive ketones (excluding diaryl/α,β-unsaturated/α-hetero) is 1. The zero-order valence-electron chi connectivity index (χ0n) is 14.4. The Morgan fingerprint density at radius 3 is 2.65 bits per heavy atom. The summed E-state index contributed by atoms with van der Waals surface area (Å²) in [5.74, 6) is -1.12. The number of anilines is 1. The van der Waals surface area contributed by atoms with E-state index in [1.807, 2.05) is 30.3 Å². The van der Waals surface area contributed by atoms with Crippen LogP contribution in [0.1, 0.15) is 20.4 Å². The smallest absolute Gasteiger partial charge is 0.350 e. The zero-order chi connectivity index (χ0) is 18.8. The van der Waals surface area contributed by atoms with E-state index in [0.717, 1.165) is 15.6 Å². The molecule has 2 heterocycles. The van der Waals surface area contributed by atoms with Crippen LogP contribution in [0.5, 0.6) is 0 Å². The van der Waals surface area contributed by atoms with Crippen molar-refractivity contribution in [3.05, 3.63) is 50.4 Å². The van der Waals surface area contributed by atoms with Gasteiger partial charge in [-0.05, 0) is 26.0 Å². The number of nitriles is 1. The van der Waals surface area contributed by atoms with Crippen LogP contribution in [0, 0.1) is 25.2 Å². The molecule has 6 nitrogen and oxygen atoms in total. The molecule has 0 fully saturated rings. The summed E-state index contributed by atoms with van der Waals surface area (Å²) in [5.41, 5.74) is 1.49. The van der Waals surface area contributed by atoms with Gasteiger partial charge in [0.1, 0.15) is 21.5 Å². The number of carbonyl (C=O) groups is 2. The summed E-state index contributed by atoms with van der Waals surface area (Å²) in [6, 6.07) is 9.60. The second-order valence-electron chi connectivity index (χ2n) is 5.57. The summed E-state index contributed by atoms with van der Waals surface area (Å²) in [6.45, 7) is 3.03. The maximum atomic E-state index is 12.5. The average molecular weight is 385 g/mol. The van der Waals surface area contributed by atoms with E-state index in [1.165, 1.54) is 23.1 Å². The van der Waals surface area contributed by atoms with Crippen LogP contribution in [0.3, 0.4) is 0 Å². The lowest BCUT2D eigenvalue weighted by molar-refractivity contribution is -0.118. The Morgan fingerprint density at radius 1 is 1.31 bits per heavy atom. The zero-order valence-corrected chi connectivity index (χ0v) is 16.0. The SMILES string of the molecule is Cc1nc(C)c(C(=O)OCC(=O)/C(C#N)=C2\Sc3ccccc3N2C)s1. The minimum atomic E-state index is -0.598. The van der Waals surface area contributed by atoms with Gasteiger partial charge in [-0.1, -0.05) is 23.9 Å². The van der Waals surface area contributed by atoms with Crippen molar-refractivity contribution in [1.82, 2.24) is 4.98 Å². The van der Waals surface area contributed by atoms with Crippen LogP contribution in [0.15, 0.2) is 39.8 Å². The van der Waals surface area contributed by atoms with Gasteiger partial charge in [0.05, 0.1) is 16.4 Å². The molecule has 0 radical (unpaired) electrons. The van der Waals surface area contributed by atoms with Crippen molar-refractivity contribution in [1.29, 1.82) is 5.26 Å².